The fraction of sp³-hybridized carbons (Fsp3) is 0.750. The van der Waals surface area contributed by atoms with Gasteiger partial charge in [-0.25, -0.2) is 0 Å². The Balaban J connectivity index is 3.90. The molecule has 0 unspecified atom stereocenters. The van der Waals surface area contributed by atoms with Crippen LogP contribution in [0.2, 0.25) is 0 Å². The van der Waals surface area contributed by atoms with E-state index in [2.05, 4.69) is 24.5 Å². The first kappa shape index (κ1) is 28.3. The molecule has 0 rings (SSSR count). The van der Waals surface area contributed by atoms with E-state index < -0.39 is 0 Å². The lowest BCUT2D eigenvalue weighted by Crippen LogP contribution is -2.40. The molecule has 0 saturated heterocycles. The SMILES string of the molecule is CCCCCC/C=C/C(=O)NCCN(CCO)CCNC(=O)/C=C/CCCCCC. The second-order valence-corrected chi connectivity index (χ2v) is 7.65. The molecular formula is C24H45N3O3. The molecular weight excluding hydrogens is 378 g/mol. The average Bonchev–Trinajstić information content (AvgIpc) is 2.73. The number of amides is 2. The molecule has 0 fully saturated rings. The van der Waals surface area contributed by atoms with E-state index in [9.17, 15) is 14.7 Å². The largest absolute Gasteiger partial charge is 0.395 e. The molecule has 0 aromatic rings. The van der Waals surface area contributed by atoms with Crippen molar-refractivity contribution in [3.63, 3.8) is 0 Å². The first-order chi connectivity index (χ1) is 14.6. The molecule has 0 heterocycles. The minimum atomic E-state index is -0.0770. The minimum Gasteiger partial charge on any atom is -0.395 e. The quantitative estimate of drug-likeness (QED) is 0.207. The van der Waals surface area contributed by atoms with E-state index in [1.54, 1.807) is 12.2 Å². The number of aliphatic hydroxyl groups excluding tert-OH is 1. The van der Waals surface area contributed by atoms with Gasteiger partial charge in [0.25, 0.3) is 0 Å². The van der Waals surface area contributed by atoms with Crippen LogP contribution in [0.5, 0.6) is 0 Å². The lowest BCUT2D eigenvalue weighted by Gasteiger charge is -2.21. The third-order valence-electron chi connectivity index (χ3n) is 4.86. The number of nitrogens with one attached hydrogen (secondary N) is 2. The molecule has 30 heavy (non-hydrogen) atoms. The van der Waals surface area contributed by atoms with Gasteiger partial charge in [-0.05, 0) is 37.8 Å². The molecule has 0 spiro atoms. The second kappa shape index (κ2) is 22.0. The molecule has 6 nitrogen and oxygen atoms in total. The topological polar surface area (TPSA) is 81.7 Å². The van der Waals surface area contributed by atoms with Crippen LogP contribution in [0.15, 0.2) is 24.3 Å². The fourth-order valence-corrected chi connectivity index (χ4v) is 3.03. The number of carbonyl (C=O) groups excluding carboxylic acids is 2. The molecule has 3 N–H and O–H groups in total. The highest BCUT2D eigenvalue weighted by molar-refractivity contribution is 5.87. The highest BCUT2D eigenvalue weighted by Gasteiger charge is 2.05. The van der Waals surface area contributed by atoms with E-state index in [1.807, 2.05) is 17.1 Å². The van der Waals surface area contributed by atoms with Gasteiger partial charge in [-0.15, -0.1) is 0 Å². The van der Waals surface area contributed by atoms with Crippen LogP contribution >= 0.6 is 0 Å². The molecule has 0 bridgehead atoms. The van der Waals surface area contributed by atoms with Crippen LogP contribution in [0, 0.1) is 0 Å². The van der Waals surface area contributed by atoms with Gasteiger partial charge in [0.15, 0.2) is 0 Å². The molecule has 0 saturated carbocycles. The molecule has 0 radical (unpaired) electrons. The Hall–Kier alpha value is -1.66. The number of aliphatic hydroxyl groups is 1. The van der Waals surface area contributed by atoms with Gasteiger partial charge >= 0.3 is 0 Å². The minimum absolute atomic E-state index is 0.0528. The summed E-state index contributed by atoms with van der Waals surface area (Å²) in [7, 11) is 0. The zero-order valence-electron chi connectivity index (χ0n) is 19.3. The zero-order valence-corrected chi connectivity index (χ0v) is 19.3. The Bertz CT molecular complexity index is 438. The maximum Gasteiger partial charge on any atom is 0.243 e. The van der Waals surface area contributed by atoms with Crippen molar-refractivity contribution in [1.82, 2.24) is 15.5 Å². The highest BCUT2D eigenvalue weighted by Crippen LogP contribution is 2.03. The van der Waals surface area contributed by atoms with Crippen LogP contribution in [0.25, 0.3) is 0 Å². The first-order valence-electron chi connectivity index (χ1n) is 11.9. The number of nitrogens with zero attached hydrogens (tertiary/aromatic N) is 1. The standard InChI is InChI=1S/C24H45N3O3/c1-3-5-7-9-11-13-15-23(29)25-17-19-27(21-22-28)20-18-26-24(30)16-14-12-10-8-6-4-2/h13-16,28H,3-12,17-22H2,1-2H3,(H,25,29)(H,26,30)/b15-13+,16-14+. The van der Waals surface area contributed by atoms with Crippen molar-refractivity contribution >= 4 is 11.8 Å². The summed E-state index contributed by atoms with van der Waals surface area (Å²) < 4.78 is 0. The van der Waals surface area contributed by atoms with Crippen molar-refractivity contribution < 1.29 is 14.7 Å². The van der Waals surface area contributed by atoms with Gasteiger partial charge in [-0.1, -0.05) is 64.5 Å². The van der Waals surface area contributed by atoms with Crippen molar-refractivity contribution in [2.45, 2.75) is 78.1 Å². The van der Waals surface area contributed by atoms with Crippen LogP contribution < -0.4 is 10.6 Å². The molecule has 0 atom stereocenters. The van der Waals surface area contributed by atoms with Crippen LogP contribution in [0.4, 0.5) is 0 Å². The van der Waals surface area contributed by atoms with Crippen LogP contribution in [0.3, 0.4) is 0 Å². The summed E-state index contributed by atoms with van der Waals surface area (Å²) in [6, 6.07) is 0. The molecule has 0 aromatic heterocycles. The van der Waals surface area contributed by atoms with Crippen LogP contribution in [-0.2, 0) is 9.59 Å². The van der Waals surface area contributed by atoms with Crippen LogP contribution in [0.1, 0.15) is 78.1 Å². The predicted octanol–water partition coefficient (Wildman–Crippen LogP) is 3.57. The zero-order chi connectivity index (χ0) is 22.3. The van der Waals surface area contributed by atoms with E-state index in [0.717, 1.165) is 25.7 Å². The Morgan fingerprint density at radius 1 is 0.733 bits per heavy atom. The molecule has 2 amide bonds. The molecule has 0 aliphatic heterocycles. The smallest absolute Gasteiger partial charge is 0.243 e. The van der Waals surface area contributed by atoms with E-state index in [1.165, 1.54) is 38.5 Å². The van der Waals surface area contributed by atoms with E-state index >= 15 is 0 Å². The lowest BCUT2D eigenvalue weighted by atomic mass is 10.1. The Kier molecular flexibility index (Phi) is 20.8. The normalized spacial score (nSPS) is 11.6. The maximum atomic E-state index is 11.8. The summed E-state index contributed by atoms with van der Waals surface area (Å²) in [6.45, 7) is 7.26. The summed E-state index contributed by atoms with van der Waals surface area (Å²) >= 11 is 0. The molecule has 0 aliphatic rings. The molecule has 0 aliphatic carbocycles. The Morgan fingerprint density at radius 2 is 1.20 bits per heavy atom. The van der Waals surface area contributed by atoms with Gasteiger partial charge < -0.3 is 15.7 Å². The fourth-order valence-electron chi connectivity index (χ4n) is 3.03. The van der Waals surface area contributed by atoms with Crippen molar-refractivity contribution in [2.24, 2.45) is 0 Å². The van der Waals surface area contributed by atoms with Gasteiger partial charge in [0.2, 0.25) is 11.8 Å². The number of hydrogen-bond acceptors (Lipinski definition) is 4. The summed E-state index contributed by atoms with van der Waals surface area (Å²) in [6.07, 6.45) is 18.6. The summed E-state index contributed by atoms with van der Waals surface area (Å²) in [5.74, 6) is -0.154. The van der Waals surface area contributed by atoms with Gasteiger partial charge in [0.1, 0.15) is 0 Å². The predicted molar refractivity (Wildman–Crippen MR) is 125 cm³/mol. The van der Waals surface area contributed by atoms with Gasteiger partial charge in [-0.2, -0.15) is 0 Å². The lowest BCUT2D eigenvalue weighted by molar-refractivity contribution is -0.117. The van der Waals surface area contributed by atoms with Gasteiger partial charge in [-0.3, -0.25) is 14.5 Å². The first-order valence-corrected chi connectivity index (χ1v) is 11.9. The average molecular weight is 424 g/mol. The third-order valence-corrected chi connectivity index (χ3v) is 4.86. The molecule has 174 valence electrons. The number of allylic oxidation sites excluding steroid dienone is 2. The van der Waals surface area contributed by atoms with E-state index in [4.69, 9.17) is 0 Å². The van der Waals surface area contributed by atoms with Crippen molar-refractivity contribution in [2.75, 3.05) is 39.3 Å². The highest BCUT2D eigenvalue weighted by atomic mass is 16.3. The van der Waals surface area contributed by atoms with Crippen molar-refractivity contribution in [1.29, 1.82) is 0 Å². The number of hydrogen-bond donors (Lipinski definition) is 3. The number of carbonyl (C=O) groups is 2. The third kappa shape index (κ3) is 19.6. The molecule has 0 aromatic carbocycles. The van der Waals surface area contributed by atoms with Crippen LogP contribution in [-0.4, -0.2) is 61.2 Å². The van der Waals surface area contributed by atoms with Gasteiger partial charge in [0.05, 0.1) is 6.61 Å². The Morgan fingerprint density at radius 3 is 1.60 bits per heavy atom. The Labute approximate surface area is 184 Å². The summed E-state index contributed by atoms with van der Waals surface area (Å²) in [5, 5.41) is 15.0. The second-order valence-electron chi connectivity index (χ2n) is 7.65. The van der Waals surface area contributed by atoms with E-state index in [-0.39, 0.29) is 18.4 Å². The monoisotopic (exact) mass is 423 g/mol. The number of unbranched alkanes of at least 4 members (excludes halogenated alkanes) is 8. The molecule has 6 heteroatoms. The van der Waals surface area contributed by atoms with Crippen molar-refractivity contribution in [3.8, 4) is 0 Å². The van der Waals surface area contributed by atoms with Gasteiger partial charge in [0, 0.05) is 32.7 Å². The van der Waals surface area contributed by atoms with Crippen molar-refractivity contribution in [3.05, 3.63) is 24.3 Å². The number of rotatable bonds is 20. The van der Waals surface area contributed by atoms with E-state index in [0.29, 0.717) is 32.7 Å². The maximum absolute atomic E-state index is 11.8. The summed E-state index contributed by atoms with van der Waals surface area (Å²) in [5.41, 5.74) is 0. The summed E-state index contributed by atoms with van der Waals surface area (Å²) in [4.78, 5) is 25.7.